The van der Waals surface area contributed by atoms with Crippen LogP contribution in [0, 0.1) is 12.7 Å². The first kappa shape index (κ1) is 16.9. The fourth-order valence-electron chi connectivity index (χ4n) is 3.38. The number of aromatic amines is 1. The highest BCUT2D eigenvalue weighted by atomic mass is 19.1. The number of ether oxygens (including phenoxy) is 2. The number of amides is 1. The summed E-state index contributed by atoms with van der Waals surface area (Å²) in [7, 11) is 1.62. The van der Waals surface area contributed by atoms with Crippen LogP contribution in [0.3, 0.4) is 0 Å². The summed E-state index contributed by atoms with van der Waals surface area (Å²) in [5.74, 6) is -0.419. The maximum absolute atomic E-state index is 13.6. The van der Waals surface area contributed by atoms with Gasteiger partial charge < -0.3 is 19.4 Å². The van der Waals surface area contributed by atoms with E-state index in [1.807, 2.05) is 20.8 Å². The van der Waals surface area contributed by atoms with Gasteiger partial charge in [-0.1, -0.05) is 0 Å². The van der Waals surface area contributed by atoms with Gasteiger partial charge in [-0.3, -0.25) is 4.79 Å². The SMILES string of the molecule is COCC1CN(C(=O)c2cc3c(C)cc(F)cc3[nH]2)CC(C)(C)O1. The summed E-state index contributed by atoms with van der Waals surface area (Å²) in [4.78, 5) is 17.7. The van der Waals surface area contributed by atoms with Crippen molar-refractivity contribution in [2.45, 2.75) is 32.5 Å². The van der Waals surface area contributed by atoms with Crippen LogP contribution in [0.15, 0.2) is 18.2 Å². The van der Waals surface area contributed by atoms with E-state index < -0.39 is 5.60 Å². The van der Waals surface area contributed by atoms with Crippen molar-refractivity contribution in [3.63, 3.8) is 0 Å². The Hall–Kier alpha value is -1.92. The fraction of sp³-hybridized carbons (Fsp3) is 0.500. The van der Waals surface area contributed by atoms with Crippen LogP contribution in [-0.2, 0) is 9.47 Å². The van der Waals surface area contributed by atoms with Crippen LogP contribution < -0.4 is 0 Å². The molecule has 6 heteroatoms. The van der Waals surface area contributed by atoms with Crippen molar-refractivity contribution in [3.05, 3.63) is 35.3 Å². The maximum atomic E-state index is 13.6. The molecule has 2 aromatic rings. The van der Waals surface area contributed by atoms with Crippen LogP contribution in [0.25, 0.3) is 10.9 Å². The monoisotopic (exact) mass is 334 g/mol. The Morgan fingerprint density at radius 2 is 2.21 bits per heavy atom. The van der Waals surface area contributed by atoms with E-state index in [1.54, 1.807) is 18.1 Å². The standard InChI is InChI=1S/C18H23FN2O3/c1-11-5-12(19)6-15-14(11)7-16(20-15)17(22)21-8-13(9-23-4)24-18(2,3)10-21/h5-7,13,20H,8-10H2,1-4H3. The number of nitrogens with one attached hydrogen (secondary N) is 1. The summed E-state index contributed by atoms with van der Waals surface area (Å²) >= 11 is 0. The van der Waals surface area contributed by atoms with E-state index in [0.717, 1.165) is 10.9 Å². The Balaban J connectivity index is 1.89. The van der Waals surface area contributed by atoms with Gasteiger partial charge in [0.1, 0.15) is 11.5 Å². The van der Waals surface area contributed by atoms with Gasteiger partial charge in [0, 0.05) is 31.1 Å². The number of aryl methyl sites for hydroxylation is 1. The number of hydrogen-bond donors (Lipinski definition) is 1. The highest BCUT2D eigenvalue weighted by Crippen LogP contribution is 2.25. The predicted molar refractivity (Wildman–Crippen MR) is 89.7 cm³/mol. The van der Waals surface area contributed by atoms with E-state index in [0.29, 0.717) is 30.9 Å². The average molecular weight is 334 g/mol. The second-order valence-electron chi connectivity index (χ2n) is 7.01. The van der Waals surface area contributed by atoms with Crippen LogP contribution >= 0.6 is 0 Å². The van der Waals surface area contributed by atoms with Crippen LogP contribution in [0.5, 0.6) is 0 Å². The molecule has 0 spiro atoms. The lowest BCUT2D eigenvalue weighted by molar-refractivity contribution is -0.143. The van der Waals surface area contributed by atoms with Gasteiger partial charge in [0.15, 0.2) is 0 Å². The molecule has 2 heterocycles. The molecule has 5 nitrogen and oxygen atoms in total. The lowest BCUT2D eigenvalue weighted by atomic mass is 10.0. The van der Waals surface area contributed by atoms with E-state index in [-0.39, 0.29) is 17.8 Å². The normalized spacial score (nSPS) is 20.5. The molecule has 1 atom stereocenters. The van der Waals surface area contributed by atoms with Gasteiger partial charge in [0.2, 0.25) is 0 Å². The van der Waals surface area contributed by atoms with Gasteiger partial charge in [0.25, 0.3) is 5.91 Å². The number of methoxy groups -OCH3 is 1. The van der Waals surface area contributed by atoms with Crippen molar-refractivity contribution in [1.29, 1.82) is 0 Å². The first-order valence-corrected chi connectivity index (χ1v) is 8.04. The number of nitrogens with zero attached hydrogens (tertiary/aromatic N) is 1. The minimum Gasteiger partial charge on any atom is -0.382 e. The molecule has 1 aromatic carbocycles. The topological polar surface area (TPSA) is 54.6 Å². The largest absolute Gasteiger partial charge is 0.382 e. The number of carbonyl (C=O) groups excluding carboxylic acids is 1. The van der Waals surface area contributed by atoms with Crippen LogP contribution in [-0.4, -0.2) is 54.3 Å². The van der Waals surface area contributed by atoms with E-state index in [1.165, 1.54) is 12.1 Å². The summed E-state index contributed by atoms with van der Waals surface area (Å²) in [5.41, 5.74) is 1.47. The molecule has 130 valence electrons. The van der Waals surface area contributed by atoms with Gasteiger partial charge >= 0.3 is 0 Å². The molecule has 0 aliphatic carbocycles. The molecule has 1 aromatic heterocycles. The molecular weight excluding hydrogens is 311 g/mol. The lowest BCUT2D eigenvalue weighted by Crippen LogP contribution is -2.55. The van der Waals surface area contributed by atoms with Crippen molar-refractivity contribution in [3.8, 4) is 0 Å². The van der Waals surface area contributed by atoms with Gasteiger partial charge in [-0.05, 0) is 44.5 Å². The molecule has 0 radical (unpaired) electrons. The molecule has 1 aliphatic heterocycles. The van der Waals surface area contributed by atoms with Crippen molar-refractivity contribution in [2.75, 3.05) is 26.8 Å². The molecule has 3 rings (SSSR count). The first-order chi connectivity index (χ1) is 11.3. The van der Waals surface area contributed by atoms with Crippen molar-refractivity contribution >= 4 is 16.8 Å². The minimum atomic E-state index is -0.439. The van der Waals surface area contributed by atoms with E-state index in [2.05, 4.69) is 4.98 Å². The molecule has 0 saturated carbocycles. The number of aromatic nitrogens is 1. The third-order valence-corrected chi connectivity index (χ3v) is 4.26. The Morgan fingerprint density at radius 1 is 1.46 bits per heavy atom. The number of halogens is 1. The number of morpholine rings is 1. The van der Waals surface area contributed by atoms with Crippen molar-refractivity contribution < 1.29 is 18.7 Å². The number of carbonyl (C=O) groups is 1. The third-order valence-electron chi connectivity index (χ3n) is 4.26. The summed E-state index contributed by atoms with van der Waals surface area (Å²) in [5, 5.41) is 0.862. The van der Waals surface area contributed by atoms with E-state index >= 15 is 0 Å². The molecular formula is C18H23FN2O3. The lowest BCUT2D eigenvalue weighted by Gasteiger charge is -2.42. The zero-order valence-electron chi connectivity index (χ0n) is 14.5. The first-order valence-electron chi connectivity index (χ1n) is 8.04. The summed E-state index contributed by atoms with van der Waals surface area (Å²) in [6.07, 6.45) is -0.161. The molecule has 24 heavy (non-hydrogen) atoms. The quantitative estimate of drug-likeness (QED) is 0.939. The van der Waals surface area contributed by atoms with Gasteiger partial charge in [0.05, 0.1) is 18.3 Å². The van der Waals surface area contributed by atoms with Crippen LogP contribution in [0.2, 0.25) is 0 Å². The molecule has 1 saturated heterocycles. The van der Waals surface area contributed by atoms with Crippen LogP contribution in [0.1, 0.15) is 29.9 Å². The molecule has 1 aliphatic rings. The molecule has 1 unspecified atom stereocenters. The van der Waals surface area contributed by atoms with Crippen molar-refractivity contribution in [1.82, 2.24) is 9.88 Å². The molecule has 0 bridgehead atoms. The smallest absolute Gasteiger partial charge is 0.270 e. The number of benzene rings is 1. The average Bonchev–Trinajstić information content (AvgIpc) is 2.89. The number of H-pyrrole nitrogens is 1. The maximum Gasteiger partial charge on any atom is 0.270 e. The van der Waals surface area contributed by atoms with Crippen molar-refractivity contribution in [2.24, 2.45) is 0 Å². The molecule has 1 N–H and O–H groups in total. The third kappa shape index (κ3) is 3.30. The van der Waals surface area contributed by atoms with E-state index in [4.69, 9.17) is 9.47 Å². The second kappa shape index (κ2) is 6.18. The minimum absolute atomic E-state index is 0.108. The van der Waals surface area contributed by atoms with Gasteiger partial charge in [-0.2, -0.15) is 0 Å². The fourth-order valence-corrected chi connectivity index (χ4v) is 3.38. The Kier molecular flexibility index (Phi) is 4.36. The number of rotatable bonds is 3. The number of fused-ring (bicyclic) bond motifs is 1. The highest BCUT2D eigenvalue weighted by Gasteiger charge is 2.36. The zero-order valence-corrected chi connectivity index (χ0v) is 14.5. The molecule has 1 amide bonds. The Morgan fingerprint density at radius 3 is 2.92 bits per heavy atom. The van der Waals surface area contributed by atoms with Gasteiger partial charge in [-0.15, -0.1) is 0 Å². The highest BCUT2D eigenvalue weighted by molar-refractivity contribution is 5.99. The van der Waals surface area contributed by atoms with Crippen LogP contribution in [0.4, 0.5) is 4.39 Å². The second-order valence-corrected chi connectivity index (χ2v) is 7.01. The van der Waals surface area contributed by atoms with E-state index in [9.17, 15) is 9.18 Å². The number of hydrogen-bond acceptors (Lipinski definition) is 3. The summed E-state index contributed by atoms with van der Waals surface area (Å²) < 4.78 is 24.7. The zero-order chi connectivity index (χ0) is 17.5. The summed E-state index contributed by atoms with van der Waals surface area (Å²) in [6.45, 7) is 7.15. The Labute approximate surface area is 140 Å². The molecule has 1 fully saturated rings. The predicted octanol–water partition coefficient (Wildman–Crippen LogP) is 2.88. The van der Waals surface area contributed by atoms with Gasteiger partial charge in [-0.25, -0.2) is 4.39 Å². The summed E-state index contributed by atoms with van der Waals surface area (Å²) in [6, 6.07) is 4.67. The Bertz CT molecular complexity index is 769.